The second kappa shape index (κ2) is 7.38. The minimum atomic E-state index is -3.78. The van der Waals surface area contributed by atoms with Crippen molar-refractivity contribution in [1.82, 2.24) is 0 Å². The van der Waals surface area contributed by atoms with Gasteiger partial charge in [0.25, 0.3) is 10.0 Å². The van der Waals surface area contributed by atoms with Crippen LogP contribution in [0.5, 0.6) is 0 Å². The highest BCUT2D eigenvalue weighted by Gasteiger charge is 2.35. The topological polar surface area (TPSA) is 106 Å². The lowest BCUT2D eigenvalue weighted by atomic mass is 10.1. The highest BCUT2D eigenvalue weighted by atomic mass is 32.2. The molecular weight excluding hydrogens is 432 g/mol. The lowest BCUT2D eigenvalue weighted by Crippen LogP contribution is -2.27. The number of anilines is 2. The summed E-state index contributed by atoms with van der Waals surface area (Å²) < 4.78 is 38.1. The van der Waals surface area contributed by atoms with Crippen LogP contribution in [0.2, 0.25) is 0 Å². The highest BCUT2D eigenvalue weighted by Crippen LogP contribution is 2.43. The molecule has 162 valence electrons. The molecule has 32 heavy (non-hydrogen) atoms. The Kier molecular flexibility index (Phi) is 4.63. The van der Waals surface area contributed by atoms with Gasteiger partial charge in [-0.15, -0.1) is 0 Å². The summed E-state index contributed by atoms with van der Waals surface area (Å²) in [5.41, 5.74) is 1.07. The summed E-state index contributed by atoms with van der Waals surface area (Å²) in [5, 5.41) is 4.62. The van der Waals surface area contributed by atoms with Crippen molar-refractivity contribution in [3.8, 4) is 0 Å². The Morgan fingerprint density at radius 1 is 1.09 bits per heavy atom. The van der Waals surface area contributed by atoms with Crippen molar-refractivity contribution in [2.24, 2.45) is 0 Å². The van der Waals surface area contributed by atoms with Crippen molar-refractivity contribution in [3.63, 3.8) is 0 Å². The van der Waals surface area contributed by atoms with E-state index in [1.54, 1.807) is 43.3 Å². The van der Waals surface area contributed by atoms with E-state index in [2.05, 4.69) is 5.32 Å². The van der Waals surface area contributed by atoms with Gasteiger partial charge in [-0.05, 0) is 42.1 Å². The number of sulfonamides is 1. The van der Waals surface area contributed by atoms with Crippen LogP contribution in [-0.2, 0) is 21.3 Å². The fourth-order valence-electron chi connectivity index (χ4n) is 4.01. The third-order valence-electron chi connectivity index (χ3n) is 5.35. The number of fused-ring (bicyclic) bond motifs is 1. The van der Waals surface area contributed by atoms with Gasteiger partial charge in [0.2, 0.25) is 0 Å². The number of nitrogens with zero attached hydrogens (tertiary/aromatic N) is 1. The highest BCUT2D eigenvalue weighted by molar-refractivity contribution is 7.93. The van der Waals surface area contributed by atoms with Gasteiger partial charge in [0.15, 0.2) is 0 Å². The second-order valence-electron chi connectivity index (χ2n) is 7.29. The van der Waals surface area contributed by atoms with Gasteiger partial charge >= 0.3 is 11.7 Å². The van der Waals surface area contributed by atoms with Crippen molar-refractivity contribution in [1.29, 1.82) is 0 Å². The first kappa shape index (κ1) is 20.1. The van der Waals surface area contributed by atoms with Crippen LogP contribution in [0.4, 0.5) is 16.2 Å². The Balaban J connectivity index is 1.58. The molecule has 4 aromatic rings. The first-order chi connectivity index (χ1) is 15.4. The maximum atomic E-state index is 13.3. The number of hydrogen-bond acceptors (Lipinski definition) is 6. The predicted octanol–water partition coefficient (Wildman–Crippen LogP) is 4.22. The maximum Gasteiger partial charge on any atom is 0.411 e. The fourth-order valence-corrected chi connectivity index (χ4v) is 5.70. The molecule has 0 fully saturated rings. The molecule has 0 aliphatic carbocycles. The van der Waals surface area contributed by atoms with Crippen molar-refractivity contribution in [2.45, 2.75) is 18.4 Å². The summed E-state index contributed by atoms with van der Waals surface area (Å²) in [6.45, 7) is 1.87. The Bertz CT molecular complexity index is 1550. The van der Waals surface area contributed by atoms with Gasteiger partial charge < -0.3 is 9.15 Å². The van der Waals surface area contributed by atoms with E-state index in [1.807, 2.05) is 12.1 Å². The van der Waals surface area contributed by atoms with E-state index in [0.717, 1.165) is 5.39 Å². The summed E-state index contributed by atoms with van der Waals surface area (Å²) in [4.78, 5) is 24.2. The minimum absolute atomic E-state index is 0.0388. The molecular formula is C23H18N2O6S. The van der Waals surface area contributed by atoms with Gasteiger partial charge in [-0.3, -0.25) is 9.62 Å². The monoisotopic (exact) mass is 450 g/mol. The summed E-state index contributed by atoms with van der Waals surface area (Å²) in [7, 11) is -3.78. The number of rotatable bonds is 4. The lowest BCUT2D eigenvalue weighted by Gasteiger charge is -2.19. The predicted molar refractivity (Wildman–Crippen MR) is 120 cm³/mol. The lowest BCUT2D eigenvalue weighted by molar-refractivity contribution is 0.168. The van der Waals surface area contributed by atoms with Crippen LogP contribution in [0.25, 0.3) is 21.7 Å². The third kappa shape index (κ3) is 3.18. The Labute approximate surface area is 183 Å². The zero-order chi connectivity index (χ0) is 22.5. The number of benzene rings is 3. The van der Waals surface area contributed by atoms with E-state index in [0.29, 0.717) is 27.7 Å². The summed E-state index contributed by atoms with van der Waals surface area (Å²) in [6, 6.07) is 16.7. The number of carbonyl (C=O) groups is 1. The molecule has 1 aromatic heterocycles. The van der Waals surface area contributed by atoms with E-state index in [4.69, 9.17) is 9.15 Å². The fraction of sp³-hybridized carbons (Fsp3) is 0.130. The molecule has 1 aliphatic rings. The van der Waals surface area contributed by atoms with Crippen molar-refractivity contribution >= 4 is 49.2 Å². The van der Waals surface area contributed by atoms with Crippen LogP contribution < -0.4 is 15.2 Å². The summed E-state index contributed by atoms with van der Waals surface area (Å²) in [5.74, 6) is 0. The maximum absolute atomic E-state index is 13.3. The van der Waals surface area contributed by atoms with Gasteiger partial charge in [0.05, 0.1) is 23.7 Å². The molecule has 5 rings (SSSR count). The van der Waals surface area contributed by atoms with Crippen LogP contribution in [0.1, 0.15) is 12.5 Å². The average Bonchev–Trinajstić information content (AvgIpc) is 2.97. The SMILES string of the molecule is CCOC(=O)Nc1ccc2c(CN3c4cccc5cccc(c45)S3(=O)=O)cc(=O)oc2c1. The molecule has 0 radical (unpaired) electrons. The molecule has 8 nitrogen and oxygen atoms in total. The smallest absolute Gasteiger partial charge is 0.411 e. The van der Waals surface area contributed by atoms with Crippen LogP contribution >= 0.6 is 0 Å². The molecule has 0 unspecified atom stereocenters. The second-order valence-corrected chi connectivity index (χ2v) is 9.12. The van der Waals surface area contributed by atoms with Gasteiger partial charge in [-0.2, -0.15) is 0 Å². The number of ether oxygens (including phenoxy) is 1. The van der Waals surface area contributed by atoms with E-state index < -0.39 is 21.7 Å². The number of nitrogens with one attached hydrogen (secondary N) is 1. The first-order valence-corrected chi connectivity index (χ1v) is 11.4. The molecule has 0 atom stereocenters. The zero-order valence-corrected chi connectivity index (χ0v) is 17.8. The van der Waals surface area contributed by atoms with Crippen LogP contribution in [0.15, 0.2) is 74.8 Å². The van der Waals surface area contributed by atoms with Gasteiger partial charge in [-0.1, -0.05) is 24.3 Å². The summed E-state index contributed by atoms with van der Waals surface area (Å²) >= 11 is 0. The van der Waals surface area contributed by atoms with Crippen molar-refractivity contribution < 1.29 is 22.4 Å². The molecule has 1 amide bonds. The molecule has 1 N–H and O–H groups in total. The Morgan fingerprint density at radius 3 is 2.66 bits per heavy atom. The standard InChI is InChI=1S/C23H18N2O6S/c1-2-30-23(27)24-16-9-10-17-15(11-21(26)31-19(17)12-16)13-25-18-7-3-5-14-6-4-8-20(22(14)18)32(25,28)29/h3-12H,2,13H2,1H3,(H,24,27). The van der Waals surface area contributed by atoms with E-state index >= 15 is 0 Å². The number of hydrogen-bond donors (Lipinski definition) is 1. The van der Waals surface area contributed by atoms with Crippen LogP contribution in [0, 0.1) is 0 Å². The molecule has 9 heteroatoms. The molecule has 0 bridgehead atoms. The third-order valence-corrected chi connectivity index (χ3v) is 7.15. The molecule has 0 spiro atoms. The van der Waals surface area contributed by atoms with Gasteiger partial charge in [0, 0.05) is 28.6 Å². The quantitative estimate of drug-likeness (QED) is 0.467. The molecule has 2 heterocycles. The van der Waals surface area contributed by atoms with E-state index in [-0.39, 0.29) is 23.6 Å². The van der Waals surface area contributed by atoms with Crippen LogP contribution in [-0.4, -0.2) is 21.1 Å². The largest absolute Gasteiger partial charge is 0.450 e. The number of amides is 1. The summed E-state index contributed by atoms with van der Waals surface area (Å²) in [6.07, 6.45) is -0.626. The zero-order valence-electron chi connectivity index (χ0n) is 17.0. The normalized spacial score (nSPS) is 14.1. The van der Waals surface area contributed by atoms with Gasteiger partial charge in [-0.25, -0.2) is 18.0 Å². The molecule has 3 aromatic carbocycles. The van der Waals surface area contributed by atoms with E-state index in [9.17, 15) is 18.0 Å². The Morgan fingerprint density at radius 2 is 1.88 bits per heavy atom. The van der Waals surface area contributed by atoms with Crippen molar-refractivity contribution in [3.05, 3.63) is 76.6 Å². The molecule has 1 aliphatic heterocycles. The minimum Gasteiger partial charge on any atom is -0.450 e. The van der Waals surface area contributed by atoms with Gasteiger partial charge in [0.1, 0.15) is 5.58 Å². The average molecular weight is 450 g/mol. The first-order valence-electron chi connectivity index (χ1n) is 9.93. The molecule has 0 saturated carbocycles. The Hall–Kier alpha value is -3.85. The number of carbonyl (C=O) groups excluding carboxylic acids is 1. The van der Waals surface area contributed by atoms with Crippen molar-refractivity contribution in [2.75, 3.05) is 16.2 Å². The van der Waals surface area contributed by atoms with E-state index in [1.165, 1.54) is 16.4 Å². The van der Waals surface area contributed by atoms with Crippen LogP contribution in [0.3, 0.4) is 0 Å². The molecule has 0 saturated heterocycles.